The topological polar surface area (TPSA) is 63.2 Å². The molecule has 2 N–H and O–H groups in total. The lowest BCUT2D eigenvalue weighted by Gasteiger charge is -2.37. The summed E-state index contributed by atoms with van der Waals surface area (Å²) in [5.74, 6) is -3.36. The van der Waals surface area contributed by atoms with Crippen molar-refractivity contribution >= 4 is 17.6 Å². The van der Waals surface area contributed by atoms with Crippen LogP contribution in [0.3, 0.4) is 0 Å². The lowest BCUT2D eigenvalue weighted by Crippen LogP contribution is -2.58. The summed E-state index contributed by atoms with van der Waals surface area (Å²) in [6.45, 7) is 4.25. The third-order valence-electron chi connectivity index (χ3n) is 6.26. The van der Waals surface area contributed by atoms with E-state index in [9.17, 15) is 39.9 Å². The molecular weight excluding hydrogens is 598 g/mol. The summed E-state index contributed by atoms with van der Waals surface area (Å²) in [6.07, 6.45) is -13.3. The number of amides is 2. The van der Waals surface area contributed by atoms with Gasteiger partial charge in [0.05, 0.1) is 10.7 Å². The highest BCUT2D eigenvalue weighted by atomic mass is 35.5. The Morgan fingerprint density at radius 2 is 1.64 bits per heavy atom. The summed E-state index contributed by atoms with van der Waals surface area (Å²) >= 11 is 5.98. The Labute approximate surface area is 241 Å². The number of halogens is 9. The van der Waals surface area contributed by atoms with E-state index in [4.69, 9.17) is 11.6 Å². The number of carbonyl (C=O) groups is 1. The molecule has 0 aliphatic rings. The molecule has 0 spiro atoms. The van der Waals surface area contributed by atoms with E-state index < -0.39 is 53.8 Å². The summed E-state index contributed by atoms with van der Waals surface area (Å²) in [5, 5.41) is 4.43. The zero-order valence-electron chi connectivity index (χ0n) is 22.4. The molecule has 2 amide bonds. The Morgan fingerprint density at radius 1 is 1.00 bits per heavy atom. The van der Waals surface area contributed by atoms with Crippen LogP contribution in [0.5, 0.6) is 5.75 Å². The Hall–Kier alpha value is -3.61. The van der Waals surface area contributed by atoms with Gasteiger partial charge in [0.15, 0.2) is 0 Å². The fourth-order valence-corrected chi connectivity index (χ4v) is 4.34. The molecule has 0 bridgehead atoms. The van der Waals surface area contributed by atoms with Crippen LogP contribution in [0.25, 0.3) is 0 Å². The largest absolute Gasteiger partial charge is 0.461 e. The SMILES string of the molecule is Cc1ccc(C[C@](NC(=O)N[C@H](C(C)C)C(F)(F)F)(c2cc(F)cc(OC(F)(F)C(F)F)c2)c2ccc(Cl)cn2)cc1. The van der Waals surface area contributed by atoms with Crippen molar-refractivity contribution in [3.05, 3.63) is 94.0 Å². The van der Waals surface area contributed by atoms with Crippen molar-refractivity contribution in [1.29, 1.82) is 0 Å². The van der Waals surface area contributed by atoms with Gasteiger partial charge in [0.1, 0.15) is 23.1 Å². The van der Waals surface area contributed by atoms with Gasteiger partial charge in [0, 0.05) is 18.7 Å². The summed E-state index contributed by atoms with van der Waals surface area (Å²) in [4.78, 5) is 17.4. The number of nitrogens with zero attached hydrogens (tertiary/aromatic N) is 1. The molecule has 228 valence electrons. The number of pyridine rings is 1. The number of urea groups is 1. The van der Waals surface area contributed by atoms with Crippen LogP contribution in [0.4, 0.5) is 39.9 Å². The molecule has 2 atom stereocenters. The lowest BCUT2D eigenvalue weighted by molar-refractivity contribution is -0.253. The fraction of sp³-hybridized carbons (Fsp3) is 0.357. The number of hydrogen-bond donors (Lipinski definition) is 2. The molecule has 0 aliphatic carbocycles. The zero-order chi connectivity index (χ0) is 31.5. The molecule has 0 saturated heterocycles. The molecule has 1 aromatic heterocycles. The highest BCUT2D eigenvalue weighted by Crippen LogP contribution is 2.37. The maximum absolute atomic E-state index is 14.9. The Morgan fingerprint density at radius 3 is 2.17 bits per heavy atom. The van der Waals surface area contributed by atoms with Crippen LogP contribution in [0.1, 0.15) is 36.2 Å². The quantitative estimate of drug-likeness (QED) is 0.227. The van der Waals surface area contributed by atoms with E-state index in [0.29, 0.717) is 11.6 Å². The molecule has 2 aromatic carbocycles. The van der Waals surface area contributed by atoms with E-state index in [-0.39, 0.29) is 22.7 Å². The van der Waals surface area contributed by atoms with E-state index in [1.54, 1.807) is 31.2 Å². The van der Waals surface area contributed by atoms with Crippen LogP contribution in [0.15, 0.2) is 60.8 Å². The number of ether oxygens (including phenoxy) is 1. The smallest absolute Gasteiger partial charge is 0.428 e. The van der Waals surface area contributed by atoms with Gasteiger partial charge in [-0.25, -0.2) is 9.18 Å². The Balaban J connectivity index is 2.26. The van der Waals surface area contributed by atoms with Crippen molar-refractivity contribution in [1.82, 2.24) is 15.6 Å². The number of nitrogens with one attached hydrogen (secondary N) is 2. The first-order valence-corrected chi connectivity index (χ1v) is 12.8. The van der Waals surface area contributed by atoms with E-state index in [0.717, 1.165) is 23.9 Å². The molecule has 0 fully saturated rings. The summed E-state index contributed by atoms with van der Waals surface area (Å²) in [5.41, 5.74) is -1.20. The normalized spacial score (nSPS) is 14.4. The van der Waals surface area contributed by atoms with Crippen molar-refractivity contribution in [3.63, 3.8) is 0 Å². The van der Waals surface area contributed by atoms with Crippen LogP contribution in [-0.4, -0.2) is 35.8 Å². The molecule has 0 aliphatic heterocycles. The predicted octanol–water partition coefficient (Wildman–Crippen LogP) is 7.79. The third kappa shape index (κ3) is 8.02. The van der Waals surface area contributed by atoms with E-state index in [1.807, 2.05) is 5.32 Å². The number of carbonyl (C=O) groups excluding carboxylic acids is 1. The second-order valence-corrected chi connectivity index (χ2v) is 10.4. The molecular formula is C28H26ClF8N3O2. The fourth-order valence-electron chi connectivity index (χ4n) is 4.23. The standard InChI is InChI=1S/C28H26ClF8N3O2/c1-15(2)23(27(33,34)35)39-25(41)40-26(22-9-8-19(29)14-38-22,13-17-6-4-16(3)5-7-17)18-10-20(30)12-21(11-18)42-28(36,37)24(31)32/h4-12,14-15,23-24H,13H2,1-3H3,(H2,39,40,41)/t23-,26+/m1/s1. The highest BCUT2D eigenvalue weighted by Gasteiger charge is 2.46. The molecule has 42 heavy (non-hydrogen) atoms. The van der Waals surface area contributed by atoms with Gasteiger partial charge in [-0.3, -0.25) is 4.98 Å². The van der Waals surface area contributed by atoms with Crippen LogP contribution < -0.4 is 15.4 Å². The monoisotopic (exact) mass is 623 g/mol. The van der Waals surface area contributed by atoms with Gasteiger partial charge in [0.25, 0.3) is 0 Å². The molecule has 5 nitrogen and oxygen atoms in total. The van der Waals surface area contributed by atoms with Crippen LogP contribution in [0, 0.1) is 18.7 Å². The minimum absolute atomic E-state index is 0.0899. The van der Waals surface area contributed by atoms with Crippen molar-refractivity contribution < 1.29 is 44.7 Å². The van der Waals surface area contributed by atoms with Gasteiger partial charge in [-0.1, -0.05) is 55.3 Å². The van der Waals surface area contributed by atoms with E-state index >= 15 is 0 Å². The van der Waals surface area contributed by atoms with Gasteiger partial charge < -0.3 is 15.4 Å². The number of benzene rings is 2. The summed E-state index contributed by atoms with van der Waals surface area (Å²) < 4.78 is 113. The molecule has 0 unspecified atom stereocenters. The number of hydrogen-bond acceptors (Lipinski definition) is 3. The average Bonchev–Trinajstić information content (AvgIpc) is 2.87. The first-order chi connectivity index (χ1) is 19.4. The number of aromatic nitrogens is 1. The highest BCUT2D eigenvalue weighted by molar-refractivity contribution is 6.30. The van der Waals surface area contributed by atoms with Crippen molar-refractivity contribution in [2.75, 3.05) is 0 Å². The van der Waals surface area contributed by atoms with Gasteiger partial charge in [-0.2, -0.15) is 30.7 Å². The lowest BCUT2D eigenvalue weighted by atomic mass is 9.80. The van der Waals surface area contributed by atoms with Gasteiger partial charge in [-0.15, -0.1) is 0 Å². The molecule has 0 radical (unpaired) electrons. The summed E-state index contributed by atoms with van der Waals surface area (Å²) in [7, 11) is 0. The maximum Gasteiger partial charge on any atom is 0.461 e. The molecule has 14 heteroatoms. The first-order valence-electron chi connectivity index (χ1n) is 12.4. The minimum atomic E-state index is -5.01. The number of alkyl halides is 7. The van der Waals surface area contributed by atoms with E-state index in [2.05, 4.69) is 15.0 Å². The summed E-state index contributed by atoms with van der Waals surface area (Å²) in [6, 6.07) is 7.57. The second-order valence-electron chi connectivity index (χ2n) is 9.93. The van der Waals surface area contributed by atoms with Crippen molar-refractivity contribution in [2.45, 2.75) is 57.5 Å². The van der Waals surface area contributed by atoms with Crippen molar-refractivity contribution in [3.8, 4) is 5.75 Å². The van der Waals surface area contributed by atoms with Crippen LogP contribution in [0.2, 0.25) is 5.02 Å². The van der Waals surface area contributed by atoms with Crippen molar-refractivity contribution in [2.24, 2.45) is 5.92 Å². The molecule has 1 heterocycles. The minimum Gasteiger partial charge on any atom is -0.428 e. The zero-order valence-corrected chi connectivity index (χ0v) is 23.1. The number of rotatable bonds is 10. The molecule has 3 aromatic rings. The number of aryl methyl sites for hydroxylation is 1. The van der Waals surface area contributed by atoms with Gasteiger partial charge in [-0.05, 0) is 48.2 Å². The second kappa shape index (κ2) is 12.7. The first kappa shape index (κ1) is 32.9. The predicted molar refractivity (Wildman–Crippen MR) is 139 cm³/mol. The van der Waals surface area contributed by atoms with Crippen LogP contribution in [-0.2, 0) is 12.0 Å². The maximum atomic E-state index is 14.9. The van der Waals surface area contributed by atoms with Gasteiger partial charge in [0.2, 0.25) is 0 Å². The third-order valence-corrected chi connectivity index (χ3v) is 6.48. The molecule has 0 saturated carbocycles. The van der Waals surface area contributed by atoms with Crippen LogP contribution >= 0.6 is 11.6 Å². The Kier molecular flexibility index (Phi) is 9.96. The Bertz CT molecular complexity index is 1370. The van der Waals surface area contributed by atoms with Gasteiger partial charge >= 0.3 is 24.7 Å². The molecule has 3 rings (SSSR count). The van der Waals surface area contributed by atoms with E-state index in [1.165, 1.54) is 26.0 Å². The average molecular weight is 624 g/mol.